The van der Waals surface area contributed by atoms with E-state index in [2.05, 4.69) is 4.98 Å². The number of hydrogen-bond acceptors (Lipinski definition) is 4. The van der Waals surface area contributed by atoms with E-state index < -0.39 is 4.92 Å². The van der Waals surface area contributed by atoms with Gasteiger partial charge >= 0.3 is 5.82 Å². The van der Waals surface area contributed by atoms with Crippen LogP contribution < -0.4 is 4.74 Å². The van der Waals surface area contributed by atoms with E-state index >= 15 is 0 Å². The van der Waals surface area contributed by atoms with Crippen LogP contribution in [0.3, 0.4) is 0 Å². The molecule has 0 N–H and O–H groups in total. The zero-order valence-electron chi connectivity index (χ0n) is 9.94. The van der Waals surface area contributed by atoms with Crippen molar-refractivity contribution in [2.75, 3.05) is 6.61 Å². The third-order valence-electron chi connectivity index (χ3n) is 2.49. The van der Waals surface area contributed by atoms with Crippen molar-refractivity contribution in [2.24, 2.45) is 0 Å². The molecule has 0 unspecified atom stereocenters. The van der Waals surface area contributed by atoms with Gasteiger partial charge in [0, 0.05) is 6.92 Å². The number of nitrogens with zero attached hydrogens (tertiary/aromatic N) is 3. The van der Waals surface area contributed by atoms with Crippen molar-refractivity contribution < 1.29 is 9.66 Å². The molecule has 0 aliphatic rings. The summed E-state index contributed by atoms with van der Waals surface area (Å²) in [4.78, 5) is 13.9. The zero-order chi connectivity index (χ0) is 13.0. The first-order valence-corrected chi connectivity index (χ1v) is 5.53. The van der Waals surface area contributed by atoms with Crippen LogP contribution in [0.1, 0.15) is 5.82 Å². The monoisotopic (exact) mass is 247 g/mol. The Bertz CT molecular complexity index is 537. The van der Waals surface area contributed by atoms with Crippen molar-refractivity contribution in [1.29, 1.82) is 0 Å². The van der Waals surface area contributed by atoms with Crippen molar-refractivity contribution >= 4 is 5.82 Å². The van der Waals surface area contributed by atoms with Gasteiger partial charge in [0.1, 0.15) is 18.6 Å². The number of hydrogen-bond donors (Lipinski definition) is 0. The molecule has 2 aromatic rings. The fourth-order valence-corrected chi connectivity index (χ4v) is 1.58. The third-order valence-corrected chi connectivity index (χ3v) is 2.49. The van der Waals surface area contributed by atoms with Crippen molar-refractivity contribution in [1.82, 2.24) is 9.55 Å². The molecule has 2 rings (SSSR count). The molecule has 0 radical (unpaired) electrons. The van der Waals surface area contributed by atoms with Crippen molar-refractivity contribution in [3.63, 3.8) is 0 Å². The minimum absolute atomic E-state index is 0.132. The number of para-hydroxylation sites is 1. The smallest absolute Gasteiger partial charge is 0.381 e. The predicted molar refractivity (Wildman–Crippen MR) is 65.6 cm³/mol. The van der Waals surface area contributed by atoms with E-state index in [4.69, 9.17) is 4.74 Å². The first-order chi connectivity index (χ1) is 8.66. The summed E-state index contributed by atoms with van der Waals surface area (Å²) in [6, 6.07) is 9.42. The van der Waals surface area contributed by atoms with Gasteiger partial charge in [0.25, 0.3) is 0 Å². The molecule has 6 nitrogen and oxygen atoms in total. The van der Waals surface area contributed by atoms with Crippen molar-refractivity contribution in [3.05, 3.63) is 52.5 Å². The summed E-state index contributed by atoms with van der Waals surface area (Å²) in [6.45, 7) is 2.70. The summed E-state index contributed by atoms with van der Waals surface area (Å²) >= 11 is 0. The second kappa shape index (κ2) is 5.31. The number of ether oxygens (including phenoxy) is 1. The van der Waals surface area contributed by atoms with E-state index in [1.165, 1.54) is 6.20 Å². The molecule has 1 aromatic heterocycles. The van der Waals surface area contributed by atoms with Gasteiger partial charge in [0.2, 0.25) is 5.82 Å². The Morgan fingerprint density at radius 2 is 2.11 bits per heavy atom. The molecule has 0 spiro atoms. The fraction of sp³-hybridized carbons (Fsp3) is 0.250. The summed E-state index contributed by atoms with van der Waals surface area (Å²) in [5, 5.41) is 10.6. The third kappa shape index (κ3) is 2.85. The van der Waals surface area contributed by atoms with E-state index in [-0.39, 0.29) is 5.82 Å². The van der Waals surface area contributed by atoms with Gasteiger partial charge in [-0.1, -0.05) is 18.2 Å². The molecule has 0 aliphatic carbocycles. The topological polar surface area (TPSA) is 70.2 Å². The summed E-state index contributed by atoms with van der Waals surface area (Å²) in [7, 11) is 0. The number of benzene rings is 1. The quantitative estimate of drug-likeness (QED) is 0.599. The van der Waals surface area contributed by atoms with Crippen LogP contribution in [0.4, 0.5) is 5.82 Å². The highest BCUT2D eigenvalue weighted by Crippen LogP contribution is 2.11. The zero-order valence-corrected chi connectivity index (χ0v) is 9.94. The Morgan fingerprint density at radius 3 is 2.72 bits per heavy atom. The van der Waals surface area contributed by atoms with Gasteiger partial charge in [0.15, 0.2) is 0 Å². The second-order valence-corrected chi connectivity index (χ2v) is 3.76. The molecule has 1 aromatic carbocycles. The largest absolute Gasteiger partial charge is 0.492 e. The normalized spacial score (nSPS) is 10.3. The highest BCUT2D eigenvalue weighted by Gasteiger charge is 2.14. The first kappa shape index (κ1) is 12.1. The average Bonchev–Trinajstić information content (AvgIpc) is 2.73. The van der Waals surface area contributed by atoms with E-state index in [1.807, 2.05) is 30.3 Å². The maximum absolute atomic E-state index is 10.6. The highest BCUT2D eigenvalue weighted by molar-refractivity contribution is 5.21. The van der Waals surface area contributed by atoms with E-state index in [1.54, 1.807) is 11.5 Å². The molecule has 0 saturated carbocycles. The second-order valence-electron chi connectivity index (χ2n) is 3.76. The maximum Gasteiger partial charge on any atom is 0.381 e. The summed E-state index contributed by atoms with van der Waals surface area (Å²) < 4.78 is 7.23. The van der Waals surface area contributed by atoms with Crippen LogP contribution in [0.25, 0.3) is 0 Å². The predicted octanol–water partition coefficient (Wildman–Crippen LogP) is 2.18. The van der Waals surface area contributed by atoms with Crippen LogP contribution in [0, 0.1) is 17.0 Å². The molecule has 0 bridgehead atoms. The minimum Gasteiger partial charge on any atom is -0.492 e. The number of aromatic nitrogens is 2. The lowest BCUT2D eigenvalue weighted by Gasteiger charge is -2.06. The molecule has 0 aliphatic heterocycles. The van der Waals surface area contributed by atoms with E-state index in [9.17, 15) is 10.1 Å². The maximum atomic E-state index is 10.6. The van der Waals surface area contributed by atoms with E-state index in [0.29, 0.717) is 19.0 Å². The summed E-state index contributed by atoms with van der Waals surface area (Å²) in [6.07, 6.45) is 1.42. The standard InChI is InChI=1S/C12H13N3O3/c1-10-13-12(15(16)17)9-14(10)7-8-18-11-5-3-2-4-6-11/h2-6,9H,7-8H2,1H3. The van der Waals surface area contributed by atoms with Gasteiger partial charge in [-0.15, -0.1) is 0 Å². The van der Waals surface area contributed by atoms with Crippen LogP contribution in [-0.4, -0.2) is 21.1 Å². The van der Waals surface area contributed by atoms with E-state index in [0.717, 1.165) is 5.75 Å². The Kier molecular flexibility index (Phi) is 3.57. The van der Waals surface area contributed by atoms with Gasteiger partial charge < -0.3 is 19.4 Å². The molecule has 1 heterocycles. The van der Waals surface area contributed by atoms with Crippen LogP contribution >= 0.6 is 0 Å². The Labute approximate surface area is 104 Å². The molecule has 94 valence electrons. The highest BCUT2D eigenvalue weighted by atomic mass is 16.6. The fourth-order valence-electron chi connectivity index (χ4n) is 1.58. The lowest BCUT2D eigenvalue weighted by Crippen LogP contribution is -2.08. The molecule has 6 heteroatoms. The van der Waals surface area contributed by atoms with Crippen molar-refractivity contribution in [2.45, 2.75) is 13.5 Å². The molecule has 0 amide bonds. The molecule has 0 saturated heterocycles. The van der Waals surface area contributed by atoms with Gasteiger partial charge in [-0.3, -0.25) is 0 Å². The number of rotatable bonds is 5. The SMILES string of the molecule is Cc1nc([N+](=O)[O-])cn1CCOc1ccccc1. The minimum atomic E-state index is -0.498. The van der Waals surface area contributed by atoms with Crippen LogP contribution in [-0.2, 0) is 6.54 Å². The Hall–Kier alpha value is -2.37. The van der Waals surface area contributed by atoms with Crippen LogP contribution in [0.2, 0.25) is 0 Å². The first-order valence-electron chi connectivity index (χ1n) is 5.53. The summed E-state index contributed by atoms with van der Waals surface area (Å²) in [5.74, 6) is 1.26. The molecular weight excluding hydrogens is 234 g/mol. The number of imidazole rings is 1. The Balaban J connectivity index is 1.92. The van der Waals surface area contributed by atoms with Gasteiger partial charge in [-0.05, 0) is 22.0 Å². The summed E-state index contributed by atoms with van der Waals surface area (Å²) in [5.41, 5.74) is 0. The van der Waals surface area contributed by atoms with Crippen LogP contribution in [0.5, 0.6) is 5.75 Å². The molecule has 0 atom stereocenters. The lowest BCUT2D eigenvalue weighted by molar-refractivity contribution is -0.389. The van der Waals surface area contributed by atoms with Crippen molar-refractivity contribution in [3.8, 4) is 5.75 Å². The lowest BCUT2D eigenvalue weighted by atomic mass is 10.3. The number of nitro groups is 1. The molecule has 0 fully saturated rings. The molecule has 18 heavy (non-hydrogen) atoms. The van der Waals surface area contributed by atoms with Crippen LogP contribution in [0.15, 0.2) is 36.5 Å². The number of aryl methyl sites for hydroxylation is 1. The van der Waals surface area contributed by atoms with Gasteiger partial charge in [-0.2, -0.15) is 0 Å². The Morgan fingerprint density at radius 1 is 1.39 bits per heavy atom. The van der Waals surface area contributed by atoms with Gasteiger partial charge in [0.05, 0.1) is 6.54 Å². The van der Waals surface area contributed by atoms with Gasteiger partial charge in [-0.25, -0.2) is 0 Å². The average molecular weight is 247 g/mol. The molecular formula is C12H13N3O3.